The van der Waals surface area contributed by atoms with Crippen molar-refractivity contribution in [1.29, 1.82) is 0 Å². The Balaban J connectivity index is 1.66. The van der Waals surface area contributed by atoms with Gasteiger partial charge in [-0.3, -0.25) is 9.59 Å². The molecule has 1 aliphatic rings. The van der Waals surface area contributed by atoms with Gasteiger partial charge in [-0.05, 0) is 43.4 Å². The Morgan fingerprint density at radius 2 is 1.71 bits per heavy atom. The lowest BCUT2D eigenvalue weighted by molar-refractivity contribution is -0.139. The molecule has 1 saturated carbocycles. The third kappa shape index (κ3) is 7.13. The quantitative estimate of drug-likeness (QED) is 0.593. The second-order valence-electron chi connectivity index (χ2n) is 8.45. The van der Waals surface area contributed by atoms with E-state index >= 15 is 0 Å². The van der Waals surface area contributed by atoms with Crippen molar-refractivity contribution in [2.75, 3.05) is 5.75 Å². The smallest absolute Gasteiger partial charge is 0.242 e. The highest BCUT2D eigenvalue weighted by Crippen LogP contribution is 2.20. The lowest BCUT2D eigenvalue weighted by Crippen LogP contribution is -2.50. The standard InChI is InChI=1S/C26H34N2O2S/c1-20-11-9-10-14-23(20)17-28(21(2)26(30)27-24-15-7-4-8-16-24)25(29)19-31-18-22-12-5-3-6-13-22/h3,5-6,9-14,21,24H,4,7-8,15-19H2,1-2H3,(H,27,30)/t21-/m1/s1. The SMILES string of the molecule is Cc1ccccc1CN(C(=O)CSCc1ccccc1)[C@H](C)C(=O)NC1CCCCC1. The number of carbonyl (C=O) groups is 2. The van der Waals surface area contributed by atoms with E-state index in [9.17, 15) is 9.59 Å². The molecule has 3 rings (SSSR count). The zero-order valence-corrected chi connectivity index (χ0v) is 19.5. The number of hydrogen-bond donors (Lipinski definition) is 1. The van der Waals surface area contributed by atoms with Crippen LogP contribution >= 0.6 is 11.8 Å². The van der Waals surface area contributed by atoms with Gasteiger partial charge >= 0.3 is 0 Å². The predicted molar refractivity (Wildman–Crippen MR) is 129 cm³/mol. The second-order valence-corrected chi connectivity index (χ2v) is 9.43. The van der Waals surface area contributed by atoms with Crippen LogP contribution in [0.15, 0.2) is 54.6 Å². The minimum atomic E-state index is -0.494. The van der Waals surface area contributed by atoms with Crippen molar-refractivity contribution in [1.82, 2.24) is 10.2 Å². The monoisotopic (exact) mass is 438 g/mol. The highest BCUT2D eigenvalue weighted by molar-refractivity contribution is 7.99. The van der Waals surface area contributed by atoms with E-state index in [0.717, 1.165) is 29.7 Å². The minimum absolute atomic E-state index is 0.00970. The van der Waals surface area contributed by atoms with Crippen molar-refractivity contribution < 1.29 is 9.59 Å². The molecule has 0 aromatic heterocycles. The number of hydrogen-bond acceptors (Lipinski definition) is 3. The normalized spacial score (nSPS) is 15.3. The summed E-state index contributed by atoms with van der Waals surface area (Å²) in [4.78, 5) is 28.0. The molecule has 0 radical (unpaired) electrons. The summed E-state index contributed by atoms with van der Waals surface area (Å²) in [5.74, 6) is 1.12. The third-order valence-corrected chi connectivity index (χ3v) is 7.05. The van der Waals surface area contributed by atoms with E-state index in [2.05, 4.69) is 30.4 Å². The van der Waals surface area contributed by atoms with Crippen LogP contribution in [0.5, 0.6) is 0 Å². The van der Waals surface area contributed by atoms with Gasteiger partial charge < -0.3 is 10.2 Å². The second kappa shape index (κ2) is 11.9. The maximum absolute atomic E-state index is 13.2. The number of benzene rings is 2. The molecule has 0 aliphatic heterocycles. The van der Waals surface area contributed by atoms with Gasteiger partial charge in [0.15, 0.2) is 0 Å². The van der Waals surface area contributed by atoms with Crippen LogP contribution in [0, 0.1) is 6.92 Å². The van der Waals surface area contributed by atoms with Crippen LogP contribution < -0.4 is 5.32 Å². The lowest BCUT2D eigenvalue weighted by Gasteiger charge is -2.31. The number of nitrogens with zero attached hydrogens (tertiary/aromatic N) is 1. The summed E-state index contributed by atoms with van der Waals surface area (Å²) in [7, 11) is 0. The zero-order chi connectivity index (χ0) is 22.1. The van der Waals surface area contributed by atoms with Gasteiger partial charge in [-0.1, -0.05) is 73.9 Å². The molecular weight excluding hydrogens is 404 g/mol. The first-order chi connectivity index (χ1) is 15.0. The highest BCUT2D eigenvalue weighted by atomic mass is 32.2. The van der Waals surface area contributed by atoms with E-state index in [1.165, 1.54) is 24.8 Å². The first-order valence-corrected chi connectivity index (χ1v) is 12.5. The Kier molecular flexibility index (Phi) is 9.01. The molecule has 5 heteroatoms. The Morgan fingerprint density at radius 3 is 2.42 bits per heavy atom. The van der Waals surface area contributed by atoms with Crippen molar-refractivity contribution >= 4 is 23.6 Å². The number of aryl methyl sites for hydroxylation is 1. The Bertz CT molecular complexity index is 849. The molecule has 0 spiro atoms. The maximum atomic E-state index is 13.2. The fourth-order valence-corrected chi connectivity index (χ4v) is 4.91. The van der Waals surface area contributed by atoms with Crippen LogP contribution in [0.3, 0.4) is 0 Å². The average molecular weight is 439 g/mol. The summed E-state index contributed by atoms with van der Waals surface area (Å²) in [6.07, 6.45) is 5.66. The van der Waals surface area contributed by atoms with Gasteiger partial charge in [-0.25, -0.2) is 0 Å². The van der Waals surface area contributed by atoms with Crippen molar-refractivity contribution in [2.45, 2.75) is 70.3 Å². The maximum Gasteiger partial charge on any atom is 0.242 e. The van der Waals surface area contributed by atoms with E-state index in [1.807, 2.05) is 43.3 Å². The molecule has 4 nitrogen and oxygen atoms in total. The summed E-state index contributed by atoms with van der Waals surface area (Å²) in [6, 6.07) is 18.0. The van der Waals surface area contributed by atoms with Crippen LogP contribution in [0.4, 0.5) is 0 Å². The summed E-state index contributed by atoms with van der Waals surface area (Å²) in [5.41, 5.74) is 3.42. The van der Waals surface area contributed by atoms with Crippen molar-refractivity contribution in [3.05, 3.63) is 71.3 Å². The topological polar surface area (TPSA) is 49.4 Å². The van der Waals surface area contributed by atoms with Crippen LogP contribution in [0.25, 0.3) is 0 Å². The number of amides is 2. The lowest BCUT2D eigenvalue weighted by atomic mass is 9.95. The van der Waals surface area contributed by atoms with Crippen LogP contribution in [0.1, 0.15) is 55.7 Å². The molecule has 1 aliphatic carbocycles. The van der Waals surface area contributed by atoms with Crippen LogP contribution in [-0.2, 0) is 21.9 Å². The largest absolute Gasteiger partial charge is 0.352 e. The molecule has 2 aromatic carbocycles. The van der Waals surface area contributed by atoms with Crippen LogP contribution in [0.2, 0.25) is 0 Å². The Hall–Kier alpha value is -2.27. The first kappa shape index (κ1) is 23.4. The van der Waals surface area contributed by atoms with Crippen molar-refractivity contribution in [2.24, 2.45) is 0 Å². The Morgan fingerprint density at radius 1 is 1.03 bits per heavy atom. The van der Waals surface area contributed by atoms with E-state index in [4.69, 9.17) is 0 Å². The minimum Gasteiger partial charge on any atom is -0.352 e. The molecule has 166 valence electrons. The van der Waals surface area contributed by atoms with Gasteiger partial charge in [-0.2, -0.15) is 0 Å². The summed E-state index contributed by atoms with van der Waals surface area (Å²) >= 11 is 1.60. The average Bonchev–Trinajstić information content (AvgIpc) is 2.79. The summed E-state index contributed by atoms with van der Waals surface area (Å²) < 4.78 is 0. The van der Waals surface area contributed by atoms with E-state index < -0.39 is 6.04 Å². The molecule has 0 heterocycles. The van der Waals surface area contributed by atoms with Gasteiger partial charge in [0.25, 0.3) is 0 Å². The fraction of sp³-hybridized carbons (Fsp3) is 0.462. The van der Waals surface area contributed by atoms with Gasteiger partial charge in [0, 0.05) is 18.3 Å². The number of carbonyl (C=O) groups excluding carboxylic acids is 2. The molecule has 0 unspecified atom stereocenters. The molecule has 2 amide bonds. The fourth-order valence-electron chi connectivity index (χ4n) is 4.04. The highest BCUT2D eigenvalue weighted by Gasteiger charge is 2.28. The molecule has 0 saturated heterocycles. The predicted octanol–water partition coefficient (Wildman–Crippen LogP) is 5.09. The third-order valence-electron chi connectivity index (χ3n) is 6.06. The number of nitrogens with one attached hydrogen (secondary N) is 1. The van der Waals surface area contributed by atoms with Crippen molar-refractivity contribution in [3.8, 4) is 0 Å². The van der Waals surface area contributed by atoms with Gasteiger partial charge in [0.2, 0.25) is 11.8 Å². The summed E-state index contributed by atoms with van der Waals surface area (Å²) in [6.45, 7) is 4.36. The molecule has 1 fully saturated rings. The van der Waals surface area contributed by atoms with E-state index in [0.29, 0.717) is 12.3 Å². The molecule has 1 atom stereocenters. The Labute approximate surface area is 190 Å². The zero-order valence-electron chi connectivity index (χ0n) is 18.7. The van der Waals surface area contributed by atoms with E-state index in [1.54, 1.807) is 16.7 Å². The van der Waals surface area contributed by atoms with E-state index in [-0.39, 0.29) is 17.9 Å². The van der Waals surface area contributed by atoms with Gasteiger partial charge in [0.1, 0.15) is 6.04 Å². The van der Waals surface area contributed by atoms with Gasteiger partial charge in [-0.15, -0.1) is 11.8 Å². The molecular formula is C26H34N2O2S. The molecule has 2 aromatic rings. The first-order valence-electron chi connectivity index (χ1n) is 11.3. The van der Waals surface area contributed by atoms with Crippen molar-refractivity contribution in [3.63, 3.8) is 0 Å². The molecule has 0 bridgehead atoms. The number of rotatable bonds is 9. The van der Waals surface area contributed by atoms with Crippen LogP contribution in [-0.4, -0.2) is 34.6 Å². The molecule has 31 heavy (non-hydrogen) atoms. The van der Waals surface area contributed by atoms with Gasteiger partial charge in [0.05, 0.1) is 5.75 Å². The molecule has 1 N–H and O–H groups in total. The summed E-state index contributed by atoms with van der Waals surface area (Å²) in [5, 5.41) is 3.20. The number of thioether (sulfide) groups is 1.